The average Bonchev–Trinajstić information content (AvgIpc) is 3.23. The monoisotopic (exact) mass is 366 g/mol. The van der Waals surface area contributed by atoms with Gasteiger partial charge in [0.1, 0.15) is 11.5 Å². The summed E-state index contributed by atoms with van der Waals surface area (Å²) in [6, 6.07) is 14.9. The standard InChI is InChI=1S/C20H18N2O5/c1-25-15-8-9-17(26-2)16(12-15)22-19(23)13-5-3-6-14(11-13)21-20(24)18-7-4-10-27-18/h3-12H,1-2H3,(H,21,24)(H,22,23). The molecule has 0 radical (unpaired) electrons. The lowest BCUT2D eigenvalue weighted by atomic mass is 10.1. The minimum atomic E-state index is -0.396. The van der Waals surface area contributed by atoms with Crippen LogP contribution in [0.1, 0.15) is 20.9 Å². The van der Waals surface area contributed by atoms with Crippen molar-refractivity contribution in [3.8, 4) is 11.5 Å². The molecule has 0 saturated carbocycles. The van der Waals surface area contributed by atoms with Crippen LogP contribution in [0.15, 0.2) is 65.3 Å². The van der Waals surface area contributed by atoms with Crippen molar-refractivity contribution in [1.29, 1.82) is 0 Å². The first kappa shape index (κ1) is 18.1. The molecule has 7 heteroatoms. The molecule has 1 aromatic heterocycles. The zero-order chi connectivity index (χ0) is 19.2. The van der Waals surface area contributed by atoms with Gasteiger partial charge in [-0.25, -0.2) is 0 Å². The molecule has 2 amide bonds. The van der Waals surface area contributed by atoms with E-state index in [1.165, 1.54) is 13.4 Å². The van der Waals surface area contributed by atoms with Gasteiger partial charge in [-0.2, -0.15) is 0 Å². The molecule has 27 heavy (non-hydrogen) atoms. The minimum Gasteiger partial charge on any atom is -0.497 e. The Hall–Kier alpha value is -3.74. The van der Waals surface area contributed by atoms with Crippen LogP contribution in [0.5, 0.6) is 11.5 Å². The van der Waals surface area contributed by atoms with Gasteiger partial charge in [-0.05, 0) is 42.5 Å². The van der Waals surface area contributed by atoms with E-state index in [9.17, 15) is 9.59 Å². The molecule has 0 atom stereocenters. The van der Waals surface area contributed by atoms with Gasteiger partial charge in [-0.1, -0.05) is 6.07 Å². The second kappa shape index (κ2) is 8.09. The fraction of sp³-hybridized carbons (Fsp3) is 0.100. The Kier molecular flexibility index (Phi) is 5.41. The van der Waals surface area contributed by atoms with Crippen molar-refractivity contribution in [3.05, 3.63) is 72.2 Å². The zero-order valence-corrected chi connectivity index (χ0v) is 14.8. The predicted octanol–water partition coefficient (Wildman–Crippen LogP) is 3.80. The highest BCUT2D eigenvalue weighted by atomic mass is 16.5. The lowest BCUT2D eigenvalue weighted by molar-refractivity contribution is 0.0993. The number of nitrogens with one attached hydrogen (secondary N) is 2. The van der Waals surface area contributed by atoms with E-state index in [0.717, 1.165) is 0 Å². The highest BCUT2D eigenvalue weighted by Crippen LogP contribution is 2.29. The van der Waals surface area contributed by atoms with E-state index in [1.807, 2.05) is 0 Å². The van der Waals surface area contributed by atoms with E-state index < -0.39 is 5.91 Å². The normalized spacial score (nSPS) is 10.1. The Morgan fingerprint density at radius 2 is 1.74 bits per heavy atom. The fourth-order valence-corrected chi connectivity index (χ4v) is 2.44. The largest absolute Gasteiger partial charge is 0.497 e. The van der Waals surface area contributed by atoms with Gasteiger partial charge in [0.25, 0.3) is 11.8 Å². The van der Waals surface area contributed by atoms with E-state index in [-0.39, 0.29) is 11.7 Å². The third-order valence-corrected chi connectivity index (χ3v) is 3.78. The van der Waals surface area contributed by atoms with Crippen molar-refractivity contribution in [2.45, 2.75) is 0 Å². The molecule has 0 aliphatic heterocycles. The Morgan fingerprint density at radius 1 is 0.889 bits per heavy atom. The summed E-state index contributed by atoms with van der Waals surface area (Å²) < 4.78 is 15.5. The van der Waals surface area contributed by atoms with E-state index >= 15 is 0 Å². The summed E-state index contributed by atoms with van der Waals surface area (Å²) in [4.78, 5) is 24.7. The number of carbonyl (C=O) groups is 2. The molecule has 2 aromatic carbocycles. The van der Waals surface area contributed by atoms with Crippen LogP contribution in [0.4, 0.5) is 11.4 Å². The molecule has 2 N–H and O–H groups in total. The number of hydrogen-bond donors (Lipinski definition) is 2. The molecule has 7 nitrogen and oxygen atoms in total. The van der Waals surface area contributed by atoms with Crippen molar-refractivity contribution in [1.82, 2.24) is 0 Å². The Balaban J connectivity index is 1.77. The van der Waals surface area contributed by atoms with E-state index in [0.29, 0.717) is 28.4 Å². The van der Waals surface area contributed by atoms with Crippen molar-refractivity contribution in [2.75, 3.05) is 24.9 Å². The molecule has 0 aliphatic carbocycles. The average molecular weight is 366 g/mol. The van der Waals surface area contributed by atoms with Crippen molar-refractivity contribution < 1.29 is 23.5 Å². The molecule has 0 aliphatic rings. The van der Waals surface area contributed by atoms with Gasteiger partial charge in [0.05, 0.1) is 26.2 Å². The first-order chi connectivity index (χ1) is 13.1. The quantitative estimate of drug-likeness (QED) is 0.692. The number of anilines is 2. The fourth-order valence-electron chi connectivity index (χ4n) is 2.44. The van der Waals surface area contributed by atoms with Crippen LogP contribution in [0.3, 0.4) is 0 Å². The number of benzene rings is 2. The van der Waals surface area contributed by atoms with Crippen LogP contribution in [0.25, 0.3) is 0 Å². The van der Waals surface area contributed by atoms with Crippen LogP contribution < -0.4 is 20.1 Å². The summed E-state index contributed by atoms with van der Waals surface area (Å²) in [5.41, 5.74) is 1.32. The summed E-state index contributed by atoms with van der Waals surface area (Å²) in [6.07, 6.45) is 1.42. The summed E-state index contributed by atoms with van der Waals surface area (Å²) in [6.45, 7) is 0. The number of rotatable bonds is 6. The molecular formula is C20H18N2O5. The molecule has 138 valence electrons. The Labute approximate surface area is 155 Å². The zero-order valence-electron chi connectivity index (χ0n) is 14.8. The first-order valence-electron chi connectivity index (χ1n) is 8.09. The molecular weight excluding hydrogens is 348 g/mol. The minimum absolute atomic E-state index is 0.186. The number of amides is 2. The van der Waals surface area contributed by atoms with Gasteiger partial charge in [0.2, 0.25) is 0 Å². The van der Waals surface area contributed by atoms with Gasteiger partial charge < -0.3 is 24.5 Å². The van der Waals surface area contributed by atoms with Crippen LogP contribution >= 0.6 is 0 Å². The van der Waals surface area contributed by atoms with Crippen LogP contribution in [-0.2, 0) is 0 Å². The lowest BCUT2D eigenvalue weighted by Crippen LogP contribution is -2.14. The summed E-state index contributed by atoms with van der Waals surface area (Å²) >= 11 is 0. The molecule has 0 fully saturated rings. The number of methoxy groups -OCH3 is 2. The number of carbonyl (C=O) groups excluding carboxylic acids is 2. The molecule has 0 saturated heterocycles. The number of ether oxygens (including phenoxy) is 2. The van der Waals surface area contributed by atoms with Gasteiger partial charge in [0, 0.05) is 17.3 Å². The van der Waals surface area contributed by atoms with Crippen molar-refractivity contribution in [3.63, 3.8) is 0 Å². The first-order valence-corrected chi connectivity index (χ1v) is 8.09. The van der Waals surface area contributed by atoms with E-state index in [2.05, 4.69) is 10.6 Å². The van der Waals surface area contributed by atoms with Gasteiger partial charge in [-0.15, -0.1) is 0 Å². The maximum Gasteiger partial charge on any atom is 0.291 e. The number of hydrogen-bond acceptors (Lipinski definition) is 5. The SMILES string of the molecule is COc1ccc(OC)c(NC(=O)c2cccc(NC(=O)c3ccco3)c2)c1. The second-order valence-electron chi connectivity index (χ2n) is 5.53. The van der Waals surface area contributed by atoms with Gasteiger partial charge in [-0.3, -0.25) is 9.59 Å². The topological polar surface area (TPSA) is 89.8 Å². The maximum absolute atomic E-state index is 12.6. The van der Waals surface area contributed by atoms with Crippen LogP contribution in [-0.4, -0.2) is 26.0 Å². The predicted molar refractivity (Wildman–Crippen MR) is 101 cm³/mol. The summed E-state index contributed by atoms with van der Waals surface area (Å²) in [5.74, 6) is 0.533. The summed E-state index contributed by atoms with van der Waals surface area (Å²) in [7, 11) is 3.06. The van der Waals surface area contributed by atoms with Gasteiger partial charge >= 0.3 is 0 Å². The van der Waals surface area contributed by atoms with E-state index in [4.69, 9.17) is 13.9 Å². The molecule has 3 rings (SSSR count). The second-order valence-corrected chi connectivity index (χ2v) is 5.53. The molecule has 0 spiro atoms. The lowest BCUT2D eigenvalue weighted by Gasteiger charge is -2.12. The summed E-state index contributed by atoms with van der Waals surface area (Å²) in [5, 5.41) is 5.47. The molecule has 0 unspecified atom stereocenters. The van der Waals surface area contributed by atoms with Crippen molar-refractivity contribution in [2.24, 2.45) is 0 Å². The van der Waals surface area contributed by atoms with Gasteiger partial charge in [0.15, 0.2) is 5.76 Å². The van der Waals surface area contributed by atoms with Crippen LogP contribution in [0.2, 0.25) is 0 Å². The Bertz CT molecular complexity index is 951. The molecule has 1 heterocycles. The van der Waals surface area contributed by atoms with E-state index in [1.54, 1.807) is 61.7 Å². The Morgan fingerprint density at radius 3 is 2.44 bits per heavy atom. The van der Waals surface area contributed by atoms with Crippen molar-refractivity contribution >= 4 is 23.2 Å². The number of furan rings is 1. The maximum atomic E-state index is 12.6. The molecule has 0 bridgehead atoms. The third-order valence-electron chi connectivity index (χ3n) is 3.78. The molecule has 3 aromatic rings. The van der Waals surface area contributed by atoms with Crippen LogP contribution in [0, 0.1) is 0 Å². The third kappa shape index (κ3) is 4.27. The highest BCUT2D eigenvalue weighted by Gasteiger charge is 2.13. The smallest absolute Gasteiger partial charge is 0.291 e. The highest BCUT2D eigenvalue weighted by molar-refractivity contribution is 6.07.